The number of nitrogens with zero attached hydrogens (tertiary/aromatic N) is 1. The van der Waals surface area contributed by atoms with Crippen LogP contribution < -0.4 is 4.73 Å². The number of pyridine rings is 1. The van der Waals surface area contributed by atoms with Crippen molar-refractivity contribution in [3.8, 4) is 0 Å². The second kappa shape index (κ2) is 4.46. The zero-order valence-corrected chi connectivity index (χ0v) is 10.7. The second-order valence-corrected chi connectivity index (χ2v) is 6.76. The summed E-state index contributed by atoms with van der Waals surface area (Å²) >= 11 is 1.37. The molecule has 0 aliphatic carbocycles. The largest absolute Gasteiger partial charge is 0.618 e. The van der Waals surface area contributed by atoms with Crippen molar-refractivity contribution in [2.45, 2.75) is 17.2 Å². The van der Waals surface area contributed by atoms with Crippen molar-refractivity contribution in [3.63, 3.8) is 0 Å². The molecular formula is C11H11NO3S2. The molecule has 1 atom stereocenters. The van der Waals surface area contributed by atoms with Crippen LogP contribution in [0.1, 0.15) is 17.1 Å². The molecule has 0 radical (unpaired) electrons. The number of rotatable bonds is 3. The predicted molar refractivity (Wildman–Crippen MR) is 65.3 cm³/mol. The normalized spacial score (nSPS) is 13.5. The van der Waals surface area contributed by atoms with Crippen molar-refractivity contribution in [2.24, 2.45) is 0 Å². The number of thiophene rings is 1. The van der Waals surface area contributed by atoms with Crippen molar-refractivity contribution < 1.29 is 13.1 Å². The average molecular weight is 269 g/mol. The molecule has 0 fully saturated rings. The minimum atomic E-state index is -3.63. The highest BCUT2D eigenvalue weighted by molar-refractivity contribution is 7.91. The van der Waals surface area contributed by atoms with Crippen molar-refractivity contribution >= 4 is 21.2 Å². The molecule has 4 nitrogen and oxygen atoms in total. The number of hydrogen-bond donors (Lipinski definition) is 0. The van der Waals surface area contributed by atoms with Gasteiger partial charge in [-0.25, -0.2) is 8.42 Å². The number of sulfone groups is 1. The Hall–Kier alpha value is -1.40. The van der Waals surface area contributed by atoms with E-state index in [-0.39, 0.29) is 5.03 Å². The molecule has 6 heteroatoms. The lowest BCUT2D eigenvalue weighted by Gasteiger charge is -2.10. The summed E-state index contributed by atoms with van der Waals surface area (Å²) in [6.07, 6.45) is 1.19. The van der Waals surface area contributed by atoms with Gasteiger partial charge in [-0.1, -0.05) is 6.07 Å². The van der Waals surface area contributed by atoms with Crippen LogP contribution in [-0.2, 0) is 9.84 Å². The fraction of sp³-hybridized carbons (Fsp3) is 0.182. The lowest BCUT2D eigenvalue weighted by Crippen LogP contribution is -2.34. The van der Waals surface area contributed by atoms with E-state index in [0.717, 1.165) is 4.88 Å². The Labute approximate surface area is 104 Å². The lowest BCUT2D eigenvalue weighted by molar-refractivity contribution is -0.646. The first-order valence-corrected chi connectivity index (χ1v) is 7.41. The molecule has 0 N–H and O–H groups in total. The third-order valence-electron chi connectivity index (χ3n) is 2.49. The highest BCUT2D eigenvalue weighted by Gasteiger charge is 2.31. The monoisotopic (exact) mass is 269 g/mol. The molecule has 2 rings (SSSR count). The molecule has 0 amide bonds. The van der Waals surface area contributed by atoms with Crippen molar-refractivity contribution in [2.75, 3.05) is 0 Å². The van der Waals surface area contributed by atoms with Crippen LogP contribution in [0.2, 0.25) is 0 Å². The van der Waals surface area contributed by atoms with E-state index in [4.69, 9.17) is 0 Å². The molecule has 0 saturated carbocycles. The van der Waals surface area contributed by atoms with Gasteiger partial charge in [0.05, 0.1) is 0 Å². The van der Waals surface area contributed by atoms with E-state index in [9.17, 15) is 13.6 Å². The fourth-order valence-corrected chi connectivity index (χ4v) is 4.03. The Kier molecular flexibility index (Phi) is 3.17. The second-order valence-electron chi connectivity index (χ2n) is 3.57. The summed E-state index contributed by atoms with van der Waals surface area (Å²) < 4.78 is 24.9. The van der Waals surface area contributed by atoms with Crippen LogP contribution >= 0.6 is 11.3 Å². The van der Waals surface area contributed by atoms with Crippen LogP contribution in [0.3, 0.4) is 0 Å². The van der Waals surface area contributed by atoms with Crippen LogP contribution in [-0.4, -0.2) is 8.42 Å². The molecule has 0 aliphatic heterocycles. The van der Waals surface area contributed by atoms with Crippen LogP contribution in [0.15, 0.2) is 46.9 Å². The van der Waals surface area contributed by atoms with Crippen LogP contribution in [0, 0.1) is 5.21 Å². The summed E-state index contributed by atoms with van der Waals surface area (Å²) in [5.74, 6) is 0. The maximum Gasteiger partial charge on any atom is 0.309 e. The van der Waals surface area contributed by atoms with E-state index in [1.54, 1.807) is 25.1 Å². The topological polar surface area (TPSA) is 61.1 Å². The summed E-state index contributed by atoms with van der Waals surface area (Å²) in [5.41, 5.74) is 0. The summed E-state index contributed by atoms with van der Waals surface area (Å²) in [6, 6.07) is 7.92. The molecule has 2 aromatic heterocycles. The smallest absolute Gasteiger partial charge is 0.309 e. The first-order valence-electron chi connectivity index (χ1n) is 4.99. The molecule has 90 valence electrons. The molecule has 17 heavy (non-hydrogen) atoms. The first-order chi connectivity index (χ1) is 8.03. The zero-order valence-electron chi connectivity index (χ0n) is 9.11. The summed E-state index contributed by atoms with van der Waals surface area (Å²) in [6.45, 7) is 1.59. The highest BCUT2D eigenvalue weighted by Crippen LogP contribution is 2.29. The Bertz CT molecular complexity index is 605. The van der Waals surface area contributed by atoms with Gasteiger partial charge in [-0.3, -0.25) is 0 Å². The standard InChI is InChI=1S/C11H11NO3S2/c1-9(10-5-4-8-16-10)17(14,15)11-6-2-3-7-12(11)13/h2-9H,1H3. The van der Waals surface area contributed by atoms with Gasteiger partial charge in [-0.05, 0) is 24.4 Å². The third kappa shape index (κ3) is 2.18. The van der Waals surface area contributed by atoms with Crippen LogP contribution in [0.25, 0.3) is 0 Å². The SMILES string of the molecule is CC(c1cccs1)S(=O)(=O)c1cccc[n+]1[O-]. The highest BCUT2D eigenvalue weighted by atomic mass is 32.2. The van der Waals surface area contributed by atoms with E-state index in [1.165, 1.54) is 29.7 Å². The van der Waals surface area contributed by atoms with Gasteiger partial charge in [0.15, 0.2) is 6.20 Å². The minimum Gasteiger partial charge on any atom is -0.618 e. The molecular weight excluding hydrogens is 258 g/mol. The first kappa shape index (κ1) is 12.1. The molecule has 0 aliphatic rings. The van der Waals surface area contributed by atoms with Crippen molar-refractivity contribution in [1.82, 2.24) is 0 Å². The molecule has 0 bridgehead atoms. The van der Waals surface area contributed by atoms with Gasteiger partial charge in [-0.15, -0.1) is 11.3 Å². The van der Waals surface area contributed by atoms with Gasteiger partial charge in [-0.2, -0.15) is 4.73 Å². The maximum absolute atomic E-state index is 12.2. The molecule has 0 saturated heterocycles. The van der Waals surface area contributed by atoms with Gasteiger partial charge in [0.25, 0.3) is 0 Å². The number of hydrogen-bond acceptors (Lipinski definition) is 4. The molecule has 0 aromatic carbocycles. The predicted octanol–water partition coefficient (Wildman–Crippen LogP) is 1.92. The Balaban J connectivity index is 2.48. The minimum absolute atomic E-state index is 0.207. The van der Waals surface area contributed by atoms with E-state index < -0.39 is 15.1 Å². The summed E-state index contributed by atoms with van der Waals surface area (Å²) in [7, 11) is -3.63. The molecule has 2 aromatic rings. The van der Waals surface area contributed by atoms with E-state index in [2.05, 4.69) is 0 Å². The molecule has 1 unspecified atom stereocenters. The van der Waals surface area contributed by atoms with Gasteiger partial charge in [0, 0.05) is 17.0 Å². The van der Waals surface area contributed by atoms with Gasteiger partial charge in [0.2, 0.25) is 9.84 Å². The van der Waals surface area contributed by atoms with E-state index in [1.807, 2.05) is 5.38 Å². The lowest BCUT2D eigenvalue weighted by atomic mass is 10.4. The van der Waals surface area contributed by atoms with E-state index in [0.29, 0.717) is 4.73 Å². The molecule has 0 spiro atoms. The maximum atomic E-state index is 12.2. The third-order valence-corrected chi connectivity index (χ3v) is 5.78. The summed E-state index contributed by atoms with van der Waals surface area (Å²) in [4.78, 5) is 0.730. The Morgan fingerprint density at radius 2 is 2.06 bits per heavy atom. The molecule has 2 heterocycles. The van der Waals surface area contributed by atoms with Crippen LogP contribution in [0.5, 0.6) is 0 Å². The fourth-order valence-electron chi connectivity index (χ4n) is 1.49. The Morgan fingerprint density at radius 1 is 1.29 bits per heavy atom. The zero-order chi connectivity index (χ0) is 12.5. The quantitative estimate of drug-likeness (QED) is 0.631. The summed E-state index contributed by atoms with van der Waals surface area (Å²) in [5, 5.41) is 12.4. The number of aromatic nitrogens is 1. The van der Waals surface area contributed by atoms with Gasteiger partial charge < -0.3 is 5.21 Å². The van der Waals surface area contributed by atoms with Crippen LogP contribution in [0.4, 0.5) is 0 Å². The van der Waals surface area contributed by atoms with Crippen molar-refractivity contribution in [3.05, 3.63) is 52.0 Å². The van der Waals surface area contributed by atoms with E-state index >= 15 is 0 Å². The van der Waals surface area contributed by atoms with Gasteiger partial charge in [0.1, 0.15) is 5.25 Å². The average Bonchev–Trinajstić information content (AvgIpc) is 2.81. The Morgan fingerprint density at radius 3 is 2.65 bits per heavy atom. The van der Waals surface area contributed by atoms with Gasteiger partial charge >= 0.3 is 5.03 Å². The van der Waals surface area contributed by atoms with Crippen molar-refractivity contribution in [1.29, 1.82) is 0 Å².